The maximum atomic E-state index is 14.2. The summed E-state index contributed by atoms with van der Waals surface area (Å²) in [7, 11) is 0. The molecule has 3 aromatic rings. The highest BCUT2D eigenvalue weighted by Crippen LogP contribution is 2.33. The Hall–Kier alpha value is -3.11. The minimum atomic E-state index is -0.872. The maximum absolute atomic E-state index is 14.2. The zero-order valence-electron chi connectivity index (χ0n) is 15.8. The lowest BCUT2D eigenvalue weighted by Crippen LogP contribution is -1.92. The van der Waals surface area contributed by atoms with Gasteiger partial charge in [-0.3, -0.25) is 0 Å². The predicted molar refractivity (Wildman–Crippen MR) is 111 cm³/mol. The standard InChI is InChI=1S/C25H19F3O/c1-2-3-18-10-11-19(25(28)24(18)27)9-6-16-4-7-17(8-5-16)20-12-13-21(22(26)14-20)23-15-29-23/h2-14,23H,15H2,1H3/b3-2+,9-6+. The van der Waals surface area contributed by atoms with Crippen molar-refractivity contribution in [3.05, 3.63) is 100 Å². The normalized spacial score (nSPS) is 16.1. The molecule has 0 saturated carbocycles. The van der Waals surface area contributed by atoms with E-state index in [0.717, 1.165) is 16.7 Å². The van der Waals surface area contributed by atoms with Gasteiger partial charge in [-0.05, 0) is 29.7 Å². The molecule has 146 valence electrons. The summed E-state index contributed by atoms with van der Waals surface area (Å²) in [5, 5.41) is 0. The van der Waals surface area contributed by atoms with E-state index in [0.29, 0.717) is 12.2 Å². The van der Waals surface area contributed by atoms with Crippen LogP contribution < -0.4 is 0 Å². The third-order valence-electron chi connectivity index (χ3n) is 4.87. The first-order valence-corrected chi connectivity index (χ1v) is 9.37. The van der Waals surface area contributed by atoms with Gasteiger partial charge in [-0.25, -0.2) is 13.2 Å². The molecule has 29 heavy (non-hydrogen) atoms. The van der Waals surface area contributed by atoms with Crippen LogP contribution in [-0.2, 0) is 4.74 Å². The summed E-state index contributed by atoms with van der Waals surface area (Å²) in [6.07, 6.45) is 6.32. The Labute approximate surface area is 167 Å². The van der Waals surface area contributed by atoms with Gasteiger partial charge in [0.05, 0.1) is 6.61 Å². The highest BCUT2D eigenvalue weighted by atomic mass is 19.2. The molecule has 1 heterocycles. The second-order valence-corrected chi connectivity index (χ2v) is 6.89. The average molecular weight is 392 g/mol. The van der Waals surface area contributed by atoms with Gasteiger partial charge in [-0.15, -0.1) is 0 Å². The molecule has 1 saturated heterocycles. The zero-order valence-corrected chi connectivity index (χ0v) is 15.8. The highest BCUT2D eigenvalue weighted by Gasteiger charge is 2.27. The van der Waals surface area contributed by atoms with Crippen molar-refractivity contribution in [1.82, 2.24) is 0 Å². The van der Waals surface area contributed by atoms with E-state index in [1.54, 1.807) is 37.3 Å². The van der Waals surface area contributed by atoms with Gasteiger partial charge in [0.25, 0.3) is 0 Å². The van der Waals surface area contributed by atoms with Crippen molar-refractivity contribution in [2.45, 2.75) is 13.0 Å². The Bertz CT molecular complexity index is 1090. The SMILES string of the molecule is C/C=C/c1ccc(/C=C/c2ccc(-c3ccc(C4CO4)c(F)c3)cc2)c(F)c1F. The largest absolute Gasteiger partial charge is 0.368 e. The second-order valence-electron chi connectivity index (χ2n) is 6.89. The average Bonchev–Trinajstić information content (AvgIpc) is 3.56. The van der Waals surface area contributed by atoms with Crippen molar-refractivity contribution in [1.29, 1.82) is 0 Å². The molecule has 1 unspecified atom stereocenters. The smallest absolute Gasteiger partial charge is 0.166 e. The Kier molecular flexibility index (Phi) is 5.36. The summed E-state index contributed by atoms with van der Waals surface area (Å²) in [5.41, 5.74) is 3.46. The fourth-order valence-electron chi connectivity index (χ4n) is 3.18. The van der Waals surface area contributed by atoms with E-state index in [4.69, 9.17) is 4.74 Å². The van der Waals surface area contributed by atoms with Gasteiger partial charge >= 0.3 is 0 Å². The van der Waals surface area contributed by atoms with Crippen LogP contribution in [0.2, 0.25) is 0 Å². The number of allylic oxidation sites excluding steroid dienone is 1. The number of hydrogen-bond donors (Lipinski definition) is 0. The van der Waals surface area contributed by atoms with Crippen LogP contribution in [0.25, 0.3) is 29.4 Å². The van der Waals surface area contributed by atoms with Crippen LogP contribution in [0, 0.1) is 17.5 Å². The lowest BCUT2D eigenvalue weighted by molar-refractivity contribution is 0.408. The van der Waals surface area contributed by atoms with Gasteiger partial charge < -0.3 is 4.74 Å². The van der Waals surface area contributed by atoms with E-state index in [2.05, 4.69) is 0 Å². The van der Waals surface area contributed by atoms with Gasteiger partial charge in [0.1, 0.15) is 11.9 Å². The quantitative estimate of drug-likeness (QED) is 0.335. The number of rotatable bonds is 5. The molecule has 0 N–H and O–H groups in total. The maximum Gasteiger partial charge on any atom is 0.166 e. The Morgan fingerprint density at radius 1 is 0.793 bits per heavy atom. The molecule has 1 fully saturated rings. The Balaban J connectivity index is 1.53. The molecule has 0 aliphatic carbocycles. The first-order valence-electron chi connectivity index (χ1n) is 9.37. The van der Waals surface area contributed by atoms with Crippen LogP contribution in [0.15, 0.2) is 60.7 Å². The zero-order chi connectivity index (χ0) is 20.4. The van der Waals surface area contributed by atoms with Crippen LogP contribution in [-0.4, -0.2) is 6.61 Å². The molecule has 1 aliphatic rings. The van der Waals surface area contributed by atoms with Crippen LogP contribution in [0.3, 0.4) is 0 Å². The molecule has 0 aromatic heterocycles. The minimum Gasteiger partial charge on any atom is -0.368 e. The summed E-state index contributed by atoms with van der Waals surface area (Å²) >= 11 is 0. The number of epoxide rings is 1. The highest BCUT2D eigenvalue weighted by molar-refractivity contribution is 5.73. The summed E-state index contributed by atoms with van der Waals surface area (Å²) in [6, 6.07) is 15.7. The number of ether oxygens (including phenoxy) is 1. The second kappa shape index (κ2) is 8.10. The van der Waals surface area contributed by atoms with Crippen LogP contribution in [0.5, 0.6) is 0 Å². The summed E-state index contributed by atoms with van der Waals surface area (Å²) < 4.78 is 47.6. The molecule has 0 amide bonds. The molecule has 0 radical (unpaired) electrons. The first kappa shape index (κ1) is 19.2. The van der Waals surface area contributed by atoms with Crippen LogP contribution in [0.1, 0.15) is 35.3 Å². The van der Waals surface area contributed by atoms with E-state index in [1.165, 1.54) is 18.2 Å². The molecule has 4 heteroatoms. The Morgan fingerprint density at radius 3 is 2.00 bits per heavy atom. The van der Waals surface area contributed by atoms with Gasteiger partial charge in [-0.1, -0.05) is 72.8 Å². The Morgan fingerprint density at radius 2 is 1.41 bits per heavy atom. The third kappa shape index (κ3) is 4.17. The minimum absolute atomic E-state index is 0.117. The molecule has 1 nitrogen and oxygen atoms in total. The lowest BCUT2D eigenvalue weighted by atomic mass is 10.0. The van der Waals surface area contributed by atoms with Crippen molar-refractivity contribution >= 4 is 18.2 Å². The topological polar surface area (TPSA) is 12.5 Å². The van der Waals surface area contributed by atoms with Gasteiger partial charge in [-0.2, -0.15) is 0 Å². The summed E-state index contributed by atoms with van der Waals surface area (Å²) in [4.78, 5) is 0. The molecule has 0 spiro atoms. The molecule has 4 rings (SSSR count). The van der Waals surface area contributed by atoms with Crippen molar-refractivity contribution in [3.8, 4) is 11.1 Å². The fraction of sp³-hybridized carbons (Fsp3) is 0.120. The molecule has 0 bridgehead atoms. The molecular formula is C25H19F3O. The number of halogens is 3. The number of benzene rings is 3. The van der Waals surface area contributed by atoms with E-state index in [9.17, 15) is 13.2 Å². The van der Waals surface area contributed by atoms with Gasteiger partial charge in [0, 0.05) is 16.7 Å². The summed E-state index contributed by atoms with van der Waals surface area (Å²) in [5.74, 6) is -2.00. The molecule has 3 aromatic carbocycles. The number of hydrogen-bond acceptors (Lipinski definition) is 1. The predicted octanol–water partition coefficient (Wildman–Crippen LogP) is 7.05. The molecule has 1 atom stereocenters. The van der Waals surface area contributed by atoms with Gasteiger partial charge in [0.15, 0.2) is 11.6 Å². The van der Waals surface area contributed by atoms with Crippen LogP contribution >= 0.6 is 0 Å². The summed E-state index contributed by atoms with van der Waals surface area (Å²) in [6.45, 7) is 2.32. The van der Waals surface area contributed by atoms with E-state index in [-0.39, 0.29) is 23.0 Å². The van der Waals surface area contributed by atoms with Crippen molar-refractivity contribution < 1.29 is 17.9 Å². The van der Waals surface area contributed by atoms with Gasteiger partial charge in [0.2, 0.25) is 0 Å². The van der Waals surface area contributed by atoms with Crippen molar-refractivity contribution in [2.75, 3.05) is 6.61 Å². The van der Waals surface area contributed by atoms with E-state index >= 15 is 0 Å². The fourth-order valence-corrected chi connectivity index (χ4v) is 3.18. The molecule has 1 aliphatic heterocycles. The van der Waals surface area contributed by atoms with E-state index < -0.39 is 11.6 Å². The molecular weight excluding hydrogens is 373 g/mol. The van der Waals surface area contributed by atoms with Crippen molar-refractivity contribution in [2.24, 2.45) is 0 Å². The van der Waals surface area contributed by atoms with E-state index in [1.807, 2.05) is 30.3 Å². The third-order valence-corrected chi connectivity index (χ3v) is 4.87. The lowest BCUT2D eigenvalue weighted by Gasteiger charge is -2.06. The monoisotopic (exact) mass is 392 g/mol. The van der Waals surface area contributed by atoms with Crippen molar-refractivity contribution in [3.63, 3.8) is 0 Å². The van der Waals surface area contributed by atoms with Crippen LogP contribution in [0.4, 0.5) is 13.2 Å². The first-order chi connectivity index (χ1) is 14.1.